The van der Waals surface area contributed by atoms with Crippen LogP contribution < -0.4 is 5.32 Å². The molecule has 1 heterocycles. The van der Waals surface area contributed by atoms with Crippen LogP contribution in [0.25, 0.3) is 0 Å². The van der Waals surface area contributed by atoms with E-state index in [0.717, 1.165) is 18.2 Å². The number of hydrogen-bond acceptors (Lipinski definition) is 4. The van der Waals surface area contributed by atoms with Gasteiger partial charge in [0.05, 0.1) is 7.05 Å². The Kier molecular flexibility index (Phi) is 3.30. The molecule has 1 aliphatic carbocycles. The van der Waals surface area contributed by atoms with Gasteiger partial charge in [-0.15, -0.1) is 10.2 Å². The van der Waals surface area contributed by atoms with Gasteiger partial charge in [-0.2, -0.15) is 4.80 Å². The normalized spacial score (nSPS) is 19.6. The molecule has 2 rings (SSSR count). The van der Waals surface area contributed by atoms with Gasteiger partial charge >= 0.3 is 0 Å². The van der Waals surface area contributed by atoms with E-state index in [1.165, 1.54) is 30.5 Å². The first-order valence-electron chi connectivity index (χ1n) is 5.69. The molecular formula is C10H19N5. The van der Waals surface area contributed by atoms with Crippen molar-refractivity contribution in [1.29, 1.82) is 0 Å². The lowest BCUT2D eigenvalue weighted by atomic mass is 9.95. The van der Waals surface area contributed by atoms with E-state index in [9.17, 15) is 0 Å². The molecule has 1 aromatic heterocycles. The fourth-order valence-electron chi connectivity index (χ4n) is 2.47. The standard InChI is InChI=1S/C10H19N5/c1-11-9(8-5-3-4-6-8)7-10-12-14-15(2)13-10/h8-9,11H,3-7H2,1-2H3. The summed E-state index contributed by atoms with van der Waals surface area (Å²) in [6.45, 7) is 0. The lowest BCUT2D eigenvalue weighted by Crippen LogP contribution is -2.34. The first-order chi connectivity index (χ1) is 7.29. The zero-order valence-corrected chi connectivity index (χ0v) is 9.48. The van der Waals surface area contributed by atoms with Crippen LogP contribution in [0.15, 0.2) is 0 Å². The molecule has 0 radical (unpaired) electrons. The van der Waals surface area contributed by atoms with Crippen LogP contribution in [0.3, 0.4) is 0 Å². The lowest BCUT2D eigenvalue weighted by molar-refractivity contribution is 0.371. The Hall–Kier alpha value is -0.970. The predicted octanol–water partition coefficient (Wildman–Crippen LogP) is 0.531. The predicted molar refractivity (Wildman–Crippen MR) is 57.3 cm³/mol. The first kappa shape index (κ1) is 10.5. The highest BCUT2D eigenvalue weighted by molar-refractivity contribution is 4.89. The largest absolute Gasteiger partial charge is 0.316 e. The van der Waals surface area contributed by atoms with Gasteiger partial charge in [0.15, 0.2) is 5.82 Å². The third-order valence-electron chi connectivity index (χ3n) is 3.29. The average molecular weight is 209 g/mol. The molecule has 5 heteroatoms. The Morgan fingerprint density at radius 2 is 2.20 bits per heavy atom. The van der Waals surface area contributed by atoms with Crippen LogP contribution in [0.4, 0.5) is 0 Å². The van der Waals surface area contributed by atoms with Crippen molar-refractivity contribution < 1.29 is 0 Å². The summed E-state index contributed by atoms with van der Waals surface area (Å²) in [5, 5.41) is 15.5. The van der Waals surface area contributed by atoms with Crippen LogP contribution in [-0.4, -0.2) is 33.3 Å². The lowest BCUT2D eigenvalue weighted by Gasteiger charge is -2.21. The minimum absolute atomic E-state index is 0.511. The van der Waals surface area contributed by atoms with E-state index in [1.807, 2.05) is 7.05 Å². The number of aromatic nitrogens is 4. The fourth-order valence-corrected chi connectivity index (χ4v) is 2.47. The van der Waals surface area contributed by atoms with Crippen LogP contribution in [0.5, 0.6) is 0 Å². The van der Waals surface area contributed by atoms with Crippen molar-refractivity contribution >= 4 is 0 Å². The first-order valence-corrected chi connectivity index (χ1v) is 5.69. The zero-order chi connectivity index (χ0) is 10.7. The Bertz CT molecular complexity index is 303. The summed E-state index contributed by atoms with van der Waals surface area (Å²) in [6, 6.07) is 0.511. The van der Waals surface area contributed by atoms with E-state index in [0.29, 0.717) is 6.04 Å². The van der Waals surface area contributed by atoms with Crippen LogP contribution in [-0.2, 0) is 13.5 Å². The molecule has 1 fully saturated rings. The summed E-state index contributed by atoms with van der Waals surface area (Å²) in [5.41, 5.74) is 0. The summed E-state index contributed by atoms with van der Waals surface area (Å²) in [7, 11) is 3.83. The maximum absolute atomic E-state index is 4.22. The molecule has 0 spiro atoms. The molecule has 0 bridgehead atoms. The molecule has 1 unspecified atom stereocenters. The number of likely N-dealkylation sites (N-methyl/N-ethyl adjacent to an activating group) is 1. The van der Waals surface area contributed by atoms with Crippen molar-refractivity contribution in [2.24, 2.45) is 13.0 Å². The average Bonchev–Trinajstić information content (AvgIpc) is 2.85. The molecule has 1 aromatic rings. The van der Waals surface area contributed by atoms with E-state index in [-0.39, 0.29) is 0 Å². The molecule has 1 aliphatic rings. The van der Waals surface area contributed by atoms with Crippen molar-refractivity contribution in [1.82, 2.24) is 25.5 Å². The molecule has 0 amide bonds. The van der Waals surface area contributed by atoms with E-state index in [1.54, 1.807) is 7.05 Å². The van der Waals surface area contributed by atoms with Crippen LogP contribution in [0, 0.1) is 5.92 Å². The van der Waals surface area contributed by atoms with Gasteiger partial charge in [0.2, 0.25) is 0 Å². The van der Waals surface area contributed by atoms with E-state index >= 15 is 0 Å². The van der Waals surface area contributed by atoms with Gasteiger partial charge in [0.25, 0.3) is 0 Å². The van der Waals surface area contributed by atoms with E-state index in [2.05, 4.69) is 20.7 Å². The Labute approximate surface area is 90.2 Å². The zero-order valence-electron chi connectivity index (χ0n) is 9.48. The number of rotatable bonds is 4. The SMILES string of the molecule is CNC(Cc1nnn(C)n1)C1CCCC1. The van der Waals surface area contributed by atoms with Gasteiger partial charge in [-0.1, -0.05) is 12.8 Å². The fraction of sp³-hybridized carbons (Fsp3) is 0.900. The van der Waals surface area contributed by atoms with Crippen molar-refractivity contribution in [3.8, 4) is 0 Å². The van der Waals surface area contributed by atoms with Crippen LogP contribution in [0.1, 0.15) is 31.5 Å². The second-order valence-corrected chi connectivity index (χ2v) is 4.34. The molecule has 1 saturated carbocycles. The Morgan fingerprint density at radius 1 is 1.47 bits per heavy atom. The minimum Gasteiger partial charge on any atom is -0.316 e. The highest BCUT2D eigenvalue weighted by atomic mass is 15.6. The molecule has 0 aliphatic heterocycles. The second-order valence-electron chi connectivity index (χ2n) is 4.34. The molecule has 1 atom stereocenters. The van der Waals surface area contributed by atoms with Crippen molar-refractivity contribution in [2.45, 2.75) is 38.1 Å². The third-order valence-corrected chi connectivity index (χ3v) is 3.29. The number of nitrogens with zero attached hydrogens (tertiary/aromatic N) is 4. The smallest absolute Gasteiger partial charge is 0.176 e. The highest BCUT2D eigenvalue weighted by Crippen LogP contribution is 2.28. The molecule has 0 saturated heterocycles. The van der Waals surface area contributed by atoms with Gasteiger partial charge in [0.1, 0.15) is 0 Å². The van der Waals surface area contributed by atoms with Gasteiger partial charge in [-0.25, -0.2) is 0 Å². The molecule has 15 heavy (non-hydrogen) atoms. The van der Waals surface area contributed by atoms with Crippen molar-refractivity contribution in [2.75, 3.05) is 7.05 Å². The van der Waals surface area contributed by atoms with Gasteiger partial charge in [0, 0.05) is 12.5 Å². The summed E-state index contributed by atoms with van der Waals surface area (Å²) in [4.78, 5) is 1.52. The number of hydrogen-bond donors (Lipinski definition) is 1. The number of aryl methyl sites for hydroxylation is 1. The molecule has 84 valence electrons. The molecular weight excluding hydrogens is 190 g/mol. The summed E-state index contributed by atoms with van der Waals surface area (Å²) in [6.07, 6.45) is 6.32. The Balaban J connectivity index is 1.95. The third kappa shape index (κ3) is 2.53. The molecule has 5 nitrogen and oxygen atoms in total. The molecule has 0 aromatic carbocycles. The summed E-state index contributed by atoms with van der Waals surface area (Å²) < 4.78 is 0. The highest BCUT2D eigenvalue weighted by Gasteiger charge is 2.25. The molecule has 1 N–H and O–H groups in total. The maximum atomic E-state index is 4.22. The van der Waals surface area contributed by atoms with Gasteiger partial charge in [-0.05, 0) is 31.0 Å². The maximum Gasteiger partial charge on any atom is 0.176 e. The van der Waals surface area contributed by atoms with Crippen LogP contribution in [0.2, 0.25) is 0 Å². The minimum atomic E-state index is 0.511. The summed E-state index contributed by atoms with van der Waals surface area (Å²) >= 11 is 0. The monoisotopic (exact) mass is 209 g/mol. The van der Waals surface area contributed by atoms with Crippen LogP contribution >= 0.6 is 0 Å². The van der Waals surface area contributed by atoms with E-state index in [4.69, 9.17) is 0 Å². The van der Waals surface area contributed by atoms with E-state index < -0.39 is 0 Å². The second kappa shape index (κ2) is 4.70. The summed E-state index contributed by atoms with van der Waals surface area (Å²) in [5.74, 6) is 1.64. The quantitative estimate of drug-likeness (QED) is 0.786. The topological polar surface area (TPSA) is 55.6 Å². The van der Waals surface area contributed by atoms with Gasteiger partial charge < -0.3 is 5.32 Å². The van der Waals surface area contributed by atoms with Crippen molar-refractivity contribution in [3.63, 3.8) is 0 Å². The van der Waals surface area contributed by atoms with Crippen molar-refractivity contribution in [3.05, 3.63) is 5.82 Å². The van der Waals surface area contributed by atoms with Gasteiger partial charge in [-0.3, -0.25) is 0 Å². The number of tetrazole rings is 1. The number of nitrogens with one attached hydrogen (secondary N) is 1. The Morgan fingerprint density at radius 3 is 2.73 bits per heavy atom.